The van der Waals surface area contributed by atoms with Gasteiger partial charge in [0, 0.05) is 28.6 Å². The Kier molecular flexibility index (Phi) is 6.35. The summed E-state index contributed by atoms with van der Waals surface area (Å²) in [5.74, 6) is 0.998. The van der Waals surface area contributed by atoms with Gasteiger partial charge in [-0.15, -0.1) is 0 Å². The predicted molar refractivity (Wildman–Crippen MR) is 122 cm³/mol. The molecule has 1 unspecified atom stereocenters. The molecule has 1 aliphatic heterocycles. The molecule has 1 aliphatic rings. The predicted octanol–water partition coefficient (Wildman–Crippen LogP) is 3.86. The summed E-state index contributed by atoms with van der Waals surface area (Å²) < 4.78 is 40.5. The average Bonchev–Trinajstić information content (AvgIpc) is 3.33. The van der Waals surface area contributed by atoms with Crippen LogP contribution in [-0.4, -0.2) is 51.0 Å². The highest BCUT2D eigenvalue weighted by molar-refractivity contribution is 7.91. The number of sulfone groups is 1. The van der Waals surface area contributed by atoms with Gasteiger partial charge in [-0.05, 0) is 42.3 Å². The molecule has 7 nitrogen and oxygen atoms in total. The van der Waals surface area contributed by atoms with Crippen LogP contribution in [0.4, 0.5) is 0 Å². The van der Waals surface area contributed by atoms with E-state index in [0.717, 1.165) is 10.9 Å². The lowest BCUT2D eigenvalue weighted by atomic mass is 10.1. The lowest BCUT2D eigenvalue weighted by molar-refractivity contribution is -0.133. The molecule has 1 aromatic heterocycles. The quantitative estimate of drug-likeness (QED) is 0.513. The fraction of sp³-hybridized carbons (Fsp3) is 0.348. The fourth-order valence-electron chi connectivity index (χ4n) is 4.07. The number of benzene rings is 2. The van der Waals surface area contributed by atoms with Crippen molar-refractivity contribution in [2.45, 2.75) is 25.4 Å². The molecule has 0 bridgehead atoms. The molecule has 0 aliphatic carbocycles. The molecule has 0 spiro atoms. The summed E-state index contributed by atoms with van der Waals surface area (Å²) in [7, 11) is -0.0680. The highest BCUT2D eigenvalue weighted by atomic mass is 35.5. The second-order valence-electron chi connectivity index (χ2n) is 7.85. The fourth-order valence-corrected chi connectivity index (χ4v) is 5.98. The lowest BCUT2D eigenvalue weighted by Crippen LogP contribution is -2.41. The maximum absolute atomic E-state index is 13.4. The van der Waals surface area contributed by atoms with Crippen LogP contribution in [-0.2, 0) is 27.6 Å². The molecule has 0 saturated carbocycles. The van der Waals surface area contributed by atoms with Crippen molar-refractivity contribution in [3.8, 4) is 11.5 Å². The van der Waals surface area contributed by atoms with E-state index in [1.54, 1.807) is 55.7 Å². The lowest BCUT2D eigenvalue weighted by Gasteiger charge is -2.29. The van der Waals surface area contributed by atoms with Crippen molar-refractivity contribution in [1.82, 2.24) is 4.90 Å². The van der Waals surface area contributed by atoms with Gasteiger partial charge >= 0.3 is 0 Å². The summed E-state index contributed by atoms with van der Waals surface area (Å²) in [6, 6.07) is 10.3. The standard InChI is InChI=1S/C23H24ClNO6S/c1-29-21-5-3-15(9-22(21)30-2)12-25(18-7-8-32(27,28)14-18)23(26)10-16-13-31-20-6-4-17(24)11-19(16)20/h3-6,9,11,13,18H,7-8,10,12,14H2,1-2H3. The SMILES string of the molecule is COc1ccc(CN(C(=O)Cc2coc3ccc(Cl)cc23)C2CCS(=O)(=O)C2)cc1OC. The van der Waals surface area contributed by atoms with E-state index >= 15 is 0 Å². The Balaban J connectivity index is 1.63. The topological polar surface area (TPSA) is 86.0 Å². The third kappa shape index (κ3) is 4.71. The molecule has 1 saturated heterocycles. The van der Waals surface area contributed by atoms with E-state index in [0.29, 0.717) is 34.1 Å². The number of carbonyl (C=O) groups excluding carboxylic acids is 1. The van der Waals surface area contributed by atoms with Crippen molar-refractivity contribution >= 4 is 38.3 Å². The van der Waals surface area contributed by atoms with Crippen LogP contribution < -0.4 is 9.47 Å². The minimum Gasteiger partial charge on any atom is -0.493 e. The molecule has 1 atom stereocenters. The highest BCUT2D eigenvalue weighted by Gasteiger charge is 2.35. The highest BCUT2D eigenvalue weighted by Crippen LogP contribution is 2.30. The largest absolute Gasteiger partial charge is 0.493 e. The molecule has 0 N–H and O–H groups in total. The van der Waals surface area contributed by atoms with Crippen LogP contribution in [0, 0.1) is 0 Å². The zero-order valence-corrected chi connectivity index (χ0v) is 19.4. The van der Waals surface area contributed by atoms with E-state index < -0.39 is 9.84 Å². The van der Waals surface area contributed by atoms with E-state index in [1.165, 1.54) is 0 Å². The van der Waals surface area contributed by atoms with Crippen LogP contribution in [0.1, 0.15) is 17.5 Å². The average molecular weight is 478 g/mol. The van der Waals surface area contributed by atoms with E-state index in [1.807, 2.05) is 6.07 Å². The first kappa shape index (κ1) is 22.5. The summed E-state index contributed by atoms with van der Waals surface area (Å²) in [4.78, 5) is 15.1. The summed E-state index contributed by atoms with van der Waals surface area (Å²) in [6.45, 7) is 0.260. The number of hydrogen-bond donors (Lipinski definition) is 0. The number of amides is 1. The zero-order valence-electron chi connectivity index (χ0n) is 17.8. The smallest absolute Gasteiger partial charge is 0.227 e. The Labute approximate surface area is 191 Å². The summed E-state index contributed by atoms with van der Waals surface area (Å²) >= 11 is 6.12. The molecular formula is C23H24ClNO6S. The van der Waals surface area contributed by atoms with Gasteiger partial charge in [-0.25, -0.2) is 8.42 Å². The Hall–Kier alpha value is -2.71. The van der Waals surface area contributed by atoms with E-state index in [2.05, 4.69) is 0 Å². The van der Waals surface area contributed by atoms with Crippen LogP contribution in [0.25, 0.3) is 11.0 Å². The molecule has 3 aromatic rings. The van der Waals surface area contributed by atoms with Crippen molar-refractivity contribution in [3.63, 3.8) is 0 Å². The third-order valence-electron chi connectivity index (χ3n) is 5.73. The number of halogens is 1. The van der Waals surface area contributed by atoms with Crippen molar-refractivity contribution in [1.29, 1.82) is 0 Å². The maximum atomic E-state index is 13.4. The normalized spacial score (nSPS) is 17.4. The molecule has 4 rings (SSSR count). The minimum absolute atomic E-state index is 0.0377. The number of methoxy groups -OCH3 is 2. The number of hydrogen-bond acceptors (Lipinski definition) is 6. The van der Waals surface area contributed by atoms with Crippen LogP contribution >= 0.6 is 11.6 Å². The van der Waals surface area contributed by atoms with Gasteiger partial charge in [-0.3, -0.25) is 4.79 Å². The summed E-state index contributed by atoms with van der Waals surface area (Å²) in [5.41, 5.74) is 2.18. The van der Waals surface area contributed by atoms with Crippen LogP contribution in [0.3, 0.4) is 0 Å². The third-order valence-corrected chi connectivity index (χ3v) is 7.71. The molecule has 170 valence electrons. The van der Waals surface area contributed by atoms with Gasteiger partial charge in [0.05, 0.1) is 38.4 Å². The van der Waals surface area contributed by atoms with Gasteiger partial charge < -0.3 is 18.8 Å². The van der Waals surface area contributed by atoms with E-state index in [4.69, 9.17) is 25.5 Å². The van der Waals surface area contributed by atoms with E-state index in [9.17, 15) is 13.2 Å². The van der Waals surface area contributed by atoms with E-state index in [-0.39, 0.29) is 36.4 Å². The monoisotopic (exact) mass is 477 g/mol. The van der Waals surface area contributed by atoms with Crippen molar-refractivity contribution in [3.05, 3.63) is 58.8 Å². The first-order valence-electron chi connectivity index (χ1n) is 10.2. The molecule has 9 heteroatoms. The maximum Gasteiger partial charge on any atom is 0.227 e. The molecule has 0 radical (unpaired) electrons. The minimum atomic E-state index is -3.17. The number of nitrogens with zero attached hydrogens (tertiary/aromatic N) is 1. The van der Waals surface area contributed by atoms with Crippen molar-refractivity contribution in [2.75, 3.05) is 25.7 Å². The second kappa shape index (κ2) is 9.03. The van der Waals surface area contributed by atoms with Gasteiger partial charge in [0.2, 0.25) is 5.91 Å². The van der Waals surface area contributed by atoms with Crippen molar-refractivity contribution in [2.24, 2.45) is 0 Å². The Morgan fingerprint density at radius 3 is 2.62 bits per heavy atom. The van der Waals surface area contributed by atoms with Gasteiger partial charge in [0.25, 0.3) is 0 Å². The first-order chi connectivity index (χ1) is 15.3. The van der Waals surface area contributed by atoms with Gasteiger partial charge in [0.15, 0.2) is 21.3 Å². The number of furan rings is 1. The molecular weight excluding hydrogens is 454 g/mol. The van der Waals surface area contributed by atoms with Gasteiger partial charge in [-0.2, -0.15) is 0 Å². The molecule has 1 fully saturated rings. The molecule has 1 amide bonds. The zero-order chi connectivity index (χ0) is 22.9. The summed E-state index contributed by atoms with van der Waals surface area (Å²) in [6.07, 6.45) is 2.05. The van der Waals surface area contributed by atoms with Gasteiger partial charge in [-0.1, -0.05) is 17.7 Å². The molecule has 32 heavy (non-hydrogen) atoms. The van der Waals surface area contributed by atoms with Crippen LogP contribution in [0.2, 0.25) is 5.02 Å². The Morgan fingerprint density at radius 1 is 1.16 bits per heavy atom. The number of ether oxygens (including phenoxy) is 2. The number of fused-ring (bicyclic) bond motifs is 1. The second-order valence-corrected chi connectivity index (χ2v) is 10.5. The van der Waals surface area contributed by atoms with Crippen LogP contribution in [0.5, 0.6) is 11.5 Å². The molecule has 2 heterocycles. The Bertz CT molecular complexity index is 1250. The van der Waals surface area contributed by atoms with Gasteiger partial charge in [0.1, 0.15) is 5.58 Å². The number of rotatable bonds is 7. The molecule has 2 aromatic carbocycles. The van der Waals surface area contributed by atoms with Crippen molar-refractivity contribution < 1.29 is 27.1 Å². The summed E-state index contributed by atoms with van der Waals surface area (Å²) in [5, 5.41) is 1.33. The number of carbonyl (C=O) groups is 1. The van der Waals surface area contributed by atoms with Crippen LogP contribution in [0.15, 0.2) is 47.1 Å². The first-order valence-corrected chi connectivity index (χ1v) is 12.4. The Morgan fingerprint density at radius 2 is 1.94 bits per heavy atom.